The Morgan fingerprint density at radius 2 is 1.90 bits per heavy atom. The molecule has 0 spiro atoms. The molecule has 1 saturated carbocycles. The van der Waals surface area contributed by atoms with Gasteiger partial charge in [0.1, 0.15) is 0 Å². The van der Waals surface area contributed by atoms with Gasteiger partial charge >= 0.3 is 136 Å². The Hall–Kier alpha value is 0.0384. The molecule has 1 aromatic carbocycles. The van der Waals surface area contributed by atoms with Crippen molar-refractivity contribution in [2.24, 2.45) is 5.41 Å². The normalized spacial score (nSPS) is 19.2. The summed E-state index contributed by atoms with van der Waals surface area (Å²) in [6.45, 7) is -0.392. The summed E-state index contributed by atoms with van der Waals surface area (Å²) in [4.78, 5) is 0. The van der Waals surface area contributed by atoms with E-state index in [0.717, 1.165) is 6.07 Å². The van der Waals surface area contributed by atoms with E-state index in [1.54, 1.807) is 0 Å². The van der Waals surface area contributed by atoms with Crippen molar-refractivity contribution in [1.82, 2.24) is 0 Å². The van der Waals surface area contributed by atoms with Crippen molar-refractivity contribution in [3.63, 3.8) is 0 Å². The fraction of sp³-hybridized carbons (Fsp3) is 0.538. The molecule has 0 bridgehead atoms. The molecule has 1 aliphatic carbocycles. The Balaban J connectivity index is 2.17. The van der Waals surface area contributed by atoms with E-state index in [-0.39, 0.29) is 33.7 Å². The summed E-state index contributed by atoms with van der Waals surface area (Å²) < 4.78 is 51.6. The van der Waals surface area contributed by atoms with Gasteiger partial charge in [-0.2, -0.15) is 0 Å². The van der Waals surface area contributed by atoms with Crippen LogP contribution in [0.4, 0.5) is 17.6 Å². The predicted molar refractivity (Wildman–Crippen MR) is 74.5 cm³/mol. The number of alkyl halides is 3. The monoisotopic (exact) mass is 405 g/mol. The number of aliphatic hydroxyl groups excluding tert-OH is 1. The van der Waals surface area contributed by atoms with Crippen molar-refractivity contribution in [3.8, 4) is 0 Å². The maximum absolute atomic E-state index is 13.5. The van der Waals surface area contributed by atoms with Gasteiger partial charge in [-0.3, -0.25) is 0 Å². The Morgan fingerprint density at radius 1 is 1.29 bits per heavy atom. The second-order valence-corrected chi connectivity index (χ2v) is 8.60. The van der Waals surface area contributed by atoms with Crippen LogP contribution in [-0.4, -0.2) is 33.6 Å². The molecule has 1 unspecified atom stereocenters. The van der Waals surface area contributed by atoms with Gasteiger partial charge in [0.15, 0.2) is 0 Å². The molecule has 1 aromatic rings. The molecule has 117 valence electrons. The average Bonchev–Trinajstić information content (AvgIpc) is 3.18. The number of halogens is 6. The van der Waals surface area contributed by atoms with Crippen molar-refractivity contribution in [2.75, 3.05) is 6.61 Å². The van der Waals surface area contributed by atoms with E-state index in [9.17, 15) is 22.7 Å². The maximum atomic E-state index is 13.5. The SMILES string of the molecule is OCC([As]CC1(C(F)(F)F)CC1)c1c(Cl)ccc(F)c1Cl. The fourth-order valence-corrected chi connectivity index (χ4v) is 6.44. The van der Waals surface area contributed by atoms with E-state index < -0.39 is 44.5 Å². The molecule has 0 heterocycles. The van der Waals surface area contributed by atoms with Crippen LogP contribution in [0.5, 0.6) is 0 Å². The molecule has 1 N–H and O–H groups in total. The summed E-state index contributed by atoms with van der Waals surface area (Å²) in [5.41, 5.74) is -1.40. The molecule has 1 nitrogen and oxygen atoms in total. The van der Waals surface area contributed by atoms with Crippen LogP contribution in [0.15, 0.2) is 12.1 Å². The topological polar surface area (TPSA) is 20.2 Å². The molecule has 1 atom stereocenters. The zero-order valence-corrected chi connectivity index (χ0v) is 14.1. The van der Waals surface area contributed by atoms with Gasteiger partial charge in [-0.05, 0) is 0 Å². The molecule has 2 rings (SSSR count). The molecule has 0 aliphatic heterocycles. The van der Waals surface area contributed by atoms with Crippen LogP contribution in [0.1, 0.15) is 23.1 Å². The van der Waals surface area contributed by atoms with Crippen LogP contribution in [0, 0.1) is 11.2 Å². The molecule has 0 amide bonds. The minimum absolute atomic E-state index is 0.0264. The van der Waals surface area contributed by atoms with Gasteiger partial charge in [0.05, 0.1) is 0 Å². The summed E-state index contributed by atoms with van der Waals surface area (Å²) >= 11 is 10.9. The summed E-state index contributed by atoms with van der Waals surface area (Å²) in [5.74, 6) is -0.687. The summed E-state index contributed by atoms with van der Waals surface area (Å²) in [5, 5.41) is 9.37. The second kappa shape index (κ2) is 6.27. The van der Waals surface area contributed by atoms with Crippen LogP contribution >= 0.6 is 23.2 Å². The summed E-state index contributed by atoms with van der Waals surface area (Å²) in [7, 11) is 0. The molecule has 21 heavy (non-hydrogen) atoms. The fourth-order valence-electron chi connectivity index (χ4n) is 2.06. The van der Waals surface area contributed by atoms with Crippen molar-refractivity contribution in [2.45, 2.75) is 28.9 Å². The Morgan fingerprint density at radius 3 is 2.38 bits per heavy atom. The van der Waals surface area contributed by atoms with Crippen molar-refractivity contribution in [3.05, 3.63) is 33.6 Å². The average molecular weight is 406 g/mol. The van der Waals surface area contributed by atoms with Gasteiger partial charge < -0.3 is 0 Å². The standard InChI is InChI=1S/C13H12AsCl2F4O/c15-8-1-2-9(17)11(16)10(8)7(5-21)14-6-12(3-4-12)13(18,19)20/h1-2,7,21H,3-6H2. The summed E-state index contributed by atoms with van der Waals surface area (Å²) in [6.07, 6.45) is -3.98. The first kappa shape index (κ1) is 17.4. The molecule has 1 radical (unpaired) electrons. The van der Waals surface area contributed by atoms with Gasteiger partial charge in [0.2, 0.25) is 0 Å². The van der Waals surface area contributed by atoms with E-state index in [0.29, 0.717) is 0 Å². The number of benzene rings is 1. The molecule has 1 aliphatic rings. The van der Waals surface area contributed by atoms with Crippen LogP contribution in [0.25, 0.3) is 0 Å². The van der Waals surface area contributed by atoms with Crippen LogP contribution in [0.3, 0.4) is 0 Å². The third-order valence-corrected chi connectivity index (χ3v) is 7.83. The molecule has 0 aromatic heterocycles. The molecular weight excluding hydrogens is 394 g/mol. The van der Waals surface area contributed by atoms with Gasteiger partial charge in [-0.1, -0.05) is 0 Å². The van der Waals surface area contributed by atoms with E-state index >= 15 is 0 Å². The van der Waals surface area contributed by atoms with E-state index in [4.69, 9.17) is 23.2 Å². The minimum atomic E-state index is -4.22. The molecule has 1 fully saturated rings. The van der Waals surface area contributed by atoms with Gasteiger partial charge in [-0.25, -0.2) is 0 Å². The van der Waals surface area contributed by atoms with Gasteiger partial charge in [0.25, 0.3) is 0 Å². The Kier molecular flexibility index (Phi) is 5.19. The van der Waals surface area contributed by atoms with E-state index in [1.165, 1.54) is 6.07 Å². The molecular formula is C13H12AsCl2F4O. The van der Waals surface area contributed by atoms with Crippen LogP contribution < -0.4 is 0 Å². The predicted octanol–water partition coefficient (Wildman–Crippen LogP) is 4.63. The van der Waals surface area contributed by atoms with Crippen LogP contribution in [-0.2, 0) is 0 Å². The summed E-state index contributed by atoms with van der Waals surface area (Å²) in [6, 6.07) is 2.40. The van der Waals surface area contributed by atoms with E-state index in [2.05, 4.69) is 0 Å². The Labute approximate surface area is 136 Å². The van der Waals surface area contributed by atoms with Gasteiger partial charge in [-0.15, -0.1) is 0 Å². The molecule has 0 saturated heterocycles. The van der Waals surface area contributed by atoms with Crippen molar-refractivity contribution >= 4 is 39.0 Å². The first-order valence-corrected chi connectivity index (χ1v) is 9.36. The number of hydrogen-bond donors (Lipinski definition) is 1. The Bertz CT molecular complexity index is 532. The quantitative estimate of drug-likeness (QED) is 0.430. The number of rotatable bonds is 5. The number of aliphatic hydroxyl groups is 1. The molecule has 8 heteroatoms. The van der Waals surface area contributed by atoms with Crippen molar-refractivity contribution < 1.29 is 22.7 Å². The zero-order valence-electron chi connectivity index (χ0n) is 10.7. The third-order valence-electron chi connectivity index (χ3n) is 3.65. The second-order valence-electron chi connectivity index (χ2n) is 5.07. The number of hydrogen-bond acceptors (Lipinski definition) is 1. The third kappa shape index (κ3) is 3.52. The first-order chi connectivity index (χ1) is 9.72. The van der Waals surface area contributed by atoms with Gasteiger partial charge in [0, 0.05) is 0 Å². The first-order valence-electron chi connectivity index (χ1n) is 6.19. The zero-order chi connectivity index (χ0) is 15.8. The van der Waals surface area contributed by atoms with Crippen molar-refractivity contribution in [1.29, 1.82) is 0 Å². The van der Waals surface area contributed by atoms with Crippen LogP contribution in [0.2, 0.25) is 15.3 Å². The van der Waals surface area contributed by atoms with E-state index in [1.807, 2.05) is 0 Å².